The summed E-state index contributed by atoms with van der Waals surface area (Å²) in [7, 11) is 0. The van der Waals surface area contributed by atoms with Crippen LogP contribution in [0.3, 0.4) is 0 Å². The van der Waals surface area contributed by atoms with Crippen molar-refractivity contribution >= 4 is 29.0 Å². The van der Waals surface area contributed by atoms with Crippen molar-refractivity contribution in [1.29, 1.82) is 5.26 Å². The third-order valence-corrected chi connectivity index (χ3v) is 3.89. The predicted molar refractivity (Wildman–Crippen MR) is 87.6 cm³/mol. The number of pyridine rings is 1. The van der Waals surface area contributed by atoms with Crippen molar-refractivity contribution < 1.29 is 0 Å². The average molecular weight is 320 g/mol. The summed E-state index contributed by atoms with van der Waals surface area (Å²) in [6.07, 6.45) is 1.75. The Bertz CT molecular complexity index is 733. The van der Waals surface area contributed by atoms with Crippen LogP contribution in [0.25, 0.3) is 11.1 Å². The van der Waals surface area contributed by atoms with E-state index >= 15 is 0 Å². The van der Waals surface area contributed by atoms with E-state index in [1.165, 1.54) is 0 Å². The zero-order chi connectivity index (χ0) is 15.6. The van der Waals surface area contributed by atoms with E-state index in [4.69, 9.17) is 28.9 Å². The molecule has 0 aliphatic heterocycles. The van der Waals surface area contributed by atoms with Gasteiger partial charge in [0.25, 0.3) is 0 Å². The molecule has 0 spiro atoms. The van der Waals surface area contributed by atoms with Gasteiger partial charge in [0, 0.05) is 26.9 Å². The van der Waals surface area contributed by atoms with E-state index in [2.05, 4.69) is 18.0 Å². The number of nitrogens with zero attached hydrogens (tertiary/aromatic N) is 2. The van der Waals surface area contributed by atoms with Gasteiger partial charge in [-0.05, 0) is 31.0 Å². The molecule has 1 aromatic carbocycles. The summed E-state index contributed by atoms with van der Waals surface area (Å²) >= 11 is 12.3. The smallest absolute Gasteiger partial charge is 0.142 e. The summed E-state index contributed by atoms with van der Waals surface area (Å²) in [6.45, 7) is 3.98. The van der Waals surface area contributed by atoms with Crippen molar-refractivity contribution in [2.45, 2.75) is 26.7 Å². The van der Waals surface area contributed by atoms with Gasteiger partial charge in [-0.25, -0.2) is 4.98 Å². The lowest BCUT2D eigenvalue weighted by Crippen LogP contribution is -2.05. The molecule has 0 amide bonds. The van der Waals surface area contributed by atoms with Gasteiger partial charge in [-0.1, -0.05) is 42.6 Å². The van der Waals surface area contributed by atoms with Gasteiger partial charge in [0.1, 0.15) is 17.5 Å². The molecule has 0 unspecified atom stereocenters. The molecule has 2 rings (SSSR count). The Morgan fingerprint density at radius 3 is 2.62 bits per heavy atom. The molecule has 0 fully saturated rings. The molecule has 0 atom stereocenters. The van der Waals surface area contributed by atoms with Gasteiger partial charge in [-0.3, -0.25) is 0 Å². The molecular weight excluding hydrogens is 305 g/mol. The largest absolute Gasteiger partial charge is 0.383 e. The van der Waals surface area contributed by atoms with Crippen LogP contribution >= 0.6 is 23.2 Å². The van der Waals surface area contributed by atoms with E-state index in [9.17, 15) is 5.26 Å². The van der Waals surface area contributed by atoms with Gasteiger partial charge < -0.3 is 5.73 Å². The molecule has 1 heterocycles. The van der Waals surface area contributed by atoms with E-state index in [0.29, 0.717) is 15.6 Å². The minimum Gasteiger partial charge on any atom is -0.383 e. The SMILES string of the molecule is CCCc1c(C)nc(N)c(C#N)c1-c1ccc(Cl)cc1Cl. The maximum Gasteiger partial charge on any atom is 0.142 e. The predicted octanol–water partition coefficient (Wildman–Crippen LogP) is 4.77. The number of aryl methyl sites for hydroxylation is 1. The summed E-state index contributed by atoms with van der Waals surface area (Å²) in [5.74, 6) is 0.232. The van der Waals surface area contributed by atoms with E-state index in [1.54, 1.807) is 12.1 Å². The molecule has 0 aliphatic carbocycles. The van der Waals surface area contributed by atoms with Crippen LogP contribution < -0.4 is 5.73 Å². The normalized spacial score (nSPS) is 10.4. The monoisotopic (exact) mass is 319 g/mol. The third kappa shape index (κ3) is 2.97. The first-order chi connectivity index (χ1) is 9.99. The van der Waals surface area contributed by atoms with Crippen LogP contribution in [0.15, 0.2) is 18.2 Å². The number of hydrogen-bond donors (Lipinski definition) is 1. The van der Waals surface area contributed by atoms with Crippen molar-refractivity contribution in [2.75, 3.05) is 5.73 Å². The molecule has 0 bridgehead atoms. The van der Waals surface area contributed by atoms with E-state index in [-0.39, 0.29) is 5.82 Å². The summed E-state index contributed by atoms with van der Waals surface area (Å²) < 4.78 is 0. The van der Waals surface area contributed by atoms with Gasteiger partial charge in [0.15, 0.2) is 0 Å². The molecule has 21 heavy (non-hydrogen) atoms. The summed E-state index contributed by atoms with van der Waals surface area (Å²) in [5.41, 5.74) is 9.65. The summed E-state index contributed by atoms with van der Waals surface area (Å²) in [6, 6.07) is 7.39. The Kier molecular flexibility index (Phi) is 4.72. The van der Waals surface area contributed by atoms with Crippen LogP contribution in [0.5, 0.6) is 0 Å². The quantitative estimate of drug-likeness (QED) is 0.886. The third-order valence-electron chi connectivity index (χ3n) is 3.35. The molecule has 2 aromatic rings. The first kappa shape index (κ1) is 15.6. The van der Waals surface area contributed by atoms with Gasteiger partial charge in [0.2, 0.25) is 0 Å². The number of benzene rings is 1. The van der Waals surface area contributed by atoms with E-state index in [1.807, 2.05) is 13.0 Å². The molecule has 3 nitrogen and oxygen atoms in total. The lowest BCUT2D eigenvalue weighted by atomic mass is 9.92. The lowest BCUT2D eigenvalue weighted by molar-refractivity contribution is 0.901. The molecule has 0 aliphatic rings. The first-order valence-corrected chi connectivity index (χ1v) is 7.39. The van der Waals surface area contributed by atoms with Gasteiger partial charge in [-0.2, -0.15) is 5.26 Å². The maximum atomic E-state index is 9.45. The van der Waals surface area contributed by atoms with E-state index in [0.717, 1.165) is 35.2 Å². The fourth-order valence-electron chi connectivity index (χ4n) is 2.42. The maximum absolute atomic E-state index is 9.45. The minimum atomic E-state index is 0.232. The number of rotatable bonds is 3. The van der Waals surface area contributed by atoms with Crippen LogP contribution in [0.2, 0.25) is 10.0 Å². The zero-order valence-corrected chi connectivity index (χ0v) is 13.4. The second-order valence-electron chi connectivity index (χ2n) is 4.80. The van der Waals surface area contributed by atoms with Gasteiger partial charge in [-0.15, -0.1) is 0 Å². The van der Waals surface area contributed by atoms with Crippen LogP contribution in [0.4, 0.5) is 5.82 Å². The van der Waals surface area contributed by atoms with Crippen LogP contribution in [0, 0.1) is 18.3 Å². The number of nitrogens with two attached hydrogens (primary N) is 1. The number of anilines is 1. The lowest BCUT2D eigenvalue weighted by Gasteiger charge is -2.16. The highest BCUT2D eigenvalue weighted by Gasteiger charge is 2.19. The highest BCUT2D eigenvalue weighted by atomic mass is 35.5. The van der Waals surface area contributed by atoms with Crippen LogP contribution in [-0.2, 0) is 6.42 Å². The summed E-state index contributed by atoms with van der Waals surface area (Å²) in [5, 5.41) is 10.5. The molecule has 1 aromatic heterocycles. The van der Waals surface area contributed by atoms with Crippen molar-refractivity contribution in [2.24, 2.45) is 0 Å². The Labute approximate surface area is 134 Å². The zero-order valence-electron chi connectivity index (χ0n) is 11.9. The molecule has 5 heteroatoms. The average Bonchev–Trinajstić information content (AvgIpc) is 2.42. The molecule has 0 saturated carbocycles. The van der Waals surface area contributed by atoms with E-state index < -0.39 is 0 Å². The second kappa shape index (κ2) is 6.34. The molecule has 108 valence electrons. The Morgan fingerprint density at radius 2 is 2.05 bits per heavy atom. The second-order valence-corrected chi connectivity index (χ2v) is 5.64. The fraction of sp³-hybridized carbons (Fsp3) is 0.250. The first-order valence-electron chi connectivity index (χ1n) is 6.64. The van der Waals surface area contributed by atoms with Crippen molar-refractivity contribution in [3.8, 4) is 17.2 Å². The number of nitriles is 1. The highest BCUT2D eigenvalue weighted by molar-refractivity contribution is 6.36. The Morgan fingerprint density at radius 1 is 1.33 bits per heavy atom. The van der Waals surface area contributed by atoms with Crippen LogP contribution in [-0.4, -0.2) is 4.98 Å². The molecule has 2 N–H and O–H groups in total. The van der Waals surface area contributed by atoms with Crippen molar-refractivity contribution in [3.63, 3.8) is 0 Å². The fourth-order valence-corrected chi connectivity index (χ4v) is 2.93. The standard InChI is InChI=1S/C16H15Cl2N3/c1-3-4-11-9(2)21-16(20)13(8-19)15(11)12-6-5-10(17)7-14(12)18/h5-7H,3-4H2,1-2H3,(H2,20,21). The number of halogens is 2. The number of aromatic nitrogens is 1. The topological polar surface area (TPSA) is 62.7 Å². The minimum absolute atomic E-state index is 0.232. The summed E-state index contributed by atoms with van der Waals surface area (Å²) in [4.78, 5) is 4.28. The molecule has 0 saturated heterocycles. The Hall–Kier alpha value is -1.76. The Balaban J connectivity index is 2.85. The van der Waals surface area contributed by atoms with Crippen LogP contribution in [0.1, 0.15) is 30.2 Å². The number of nitrogen functional groups attached to an aromatic ring is 1. The van der Waals surface area contributed by atoms with Gasteiger partial charge >= 0.3 is 0 Å². The van der Waals surface area contributed by atoms with Crippen molar-refractivity contribution in [3.05, 3.63) is 45.1 Å². The molecular formula is C16H15Cl2N3. The molecule has 0 radical (unpaired) electrons. The van der Waals surface area contributed by atoms with Crippen molar-refractivity contribution in [1.82, 2.24) is 4.98 Å². The highest BCUT2D eigenvalue weighted by Crippen LogP contribution is 2.37. The van der Waals surface area contributed by atoms with Gasteiger partial charge in [0.05, 0.1) is 0 Å². The number of hydrogen-bond acceptors (Lipinski definition) is 3.